The monoisotopic (exact) mass is 192 g/mol. The second-order valence-corrected chi connectivity index (χ2v) is 3.62. The van der Waals surface area contributed by atoms with Crippen molar-refractivity contribution in [1.29, 1.82) is 0 Å². The zero-order valence-electron chi connectivity index (χ0n) is 9.38. The Morgan fingerprint density at radius 3 is 1.50 bits per heavy atom. The first-order valence-electron chi connectivity index (χ1n) is 5.78. The lowest BCUT2D eigenvalue weighted by Gasteiger charge is -1.97. The van der Waals surface area contributed by atoms with Crippen LogP contribution in [0.3, 0.4) is 0 Å². The third-order valence-electron chi connectivity index (χ3n) is 2.22. The molecule has 0 radical (unpaired) electrons. The first-order valence-corrected chi connectivity index (χ1v) is 5.78. The molecule has 0 atom stereocenters. The minimum atomic E-state index is 1.15. The minimum Gasteiger partial charge on any atom is -0.103 e. The van der Waals surface area contributed by atoms with Crippen LogP contribution in [0.5, 0.6) is 0 Å². The summed E-state index contributed by atoms with van der Waals surface area (Å²) in [6.45, 7) is 7.26. The molecule has 80 valence electrons. The number of rotatable bonds is 5. The van der Waals surface area contributed by atoms with Gasteiger partial charge in [0.25, 0.3) is 0 Å². The maximum absolute atomic E-state index is 3.63. The summed E-state index contributed by atoms with van der Waals surface area (Å²) in [5.41, 5.74) is 0. The van der Waals surface area contributed by atoms with Gasteiger partial charge in [-0.05, 0) is 51.4 Å². The molecule has 0 fully saturated rings. The molecule has 0 aromatic carbocycles. The predicted octanol–water partition coefficient (Wildman–Crippen LogP) is 5.04. The average molecular weight is 192 g/mol. The second kappa shape index (κ2) is 12.2. The first-order chi connectivity index (χ1) is 6.91. The summed E-state index contributed by atoms with van der Waals surface area (Å²) >= 11 is 0. The van der Waals surface area contributed by atoms with Gasteiger partial charge in [0, 0.05) is 0 Å². The largest absolute Gasteiger partial charge is 0.103 e. The van der Waals surface area contributed by atoms with Gasteiger partial charge in [0.1, 0.15) is 0 Å². The van der Waals surface area contributed by atoms with Crippen molar-refractivity contribution in [1.82, 2.24) is 0 Å². The normalized spacial score (nSPS) is 14.0. The van der Waals surface area contributed by atoms with E-state index in [1.54, 1.807) is 0 Å². The van der Waals surface area contributed by atoms with Gasteiger partial charge in [-0.3, -0.25) is 0 Å². The highest BCUT2D eigenvalue weighted by Crippen LogP contribution is 2.07. The van der Waals surface area contributed by atoms with Crippen LogP contribution < -0.4 is 0 Å². The number of hydrogen-bond donors (Lipinski definition) is 0. The molecular formula is C14H24. The zero-order valence-corrected chi connectivity index (χ0v) is 9.38. The molecule has 0 N–H and O–H groups in total. The van der Waals surface area contributed by atoms with Crippen molar-refractivity contribution in [3.05, 3.63) is 37.5 Å². The van der Waals surface area contributed by atoms with E-state index in [-0.39, 0.29) is 0 Å². The van der Waals surface area contributed by atoms with Crippen LogP contribution in [-0.4, -0.2) is 0 Å². The highest BCUT2D eigenvalue weighted by atomic mass is 13.9. The fourth-order valence-electron chi connectivity index (χ4n) is 1.34. The van der Waals surface area contributed by atoms with E-state index in [1.807, 2.05) is 12.2 Å². The minimum absolute atomic E-state index is 1.15. The van der Waals surface area contributed by atoms with E-state index < -0.39 is 0 Å². The van der Waals surface area contributed by atoms with Crippen LogP contribution in [0.15, 0.2) is 37.5 Å². The van der Waals surface area contributed by atoms with E-state index >= 15 is 0 Å². The van der Waals surface area contributed by atoms with Crippen LogP contribution in [0.4, 0.5) is 0 Å². The van der Waals surface area contributed by atoms with Gasteiger partial charge in [0.2, 0.25) is 0 Å². The molecule has 0 heteroatoms. The van der Waals surface area contributed by atoms with Crippen LogP contribution in [0, 0.1) is 0 Å². The lowest BCUT2D eigenvalue weighted by atomic mass is 10.1. The van der Waals surface area contributed by atoms with E-state index in [2.05, 4.69) is 25.3 Å². The Morgan fingerprint density at radius 2 is 1.29 bits per heavy atom. The lowest BCUT2D eigenvalue weighted by molar-refractivity contribution is 0.730. The smallest absolute Gasteiger partial charge is 0.0351 e. The summed E-state index contributed by atoms with van der Waals surface area (Å²) in [6.07, 6.45) is 18.7. The molecule has 0 bridgehead atoms. The maximum Gasteiger partial charge on any atom is -0.0351 e. The Morgan fingerprint density at radius 1 is 0.857 bits per heavy atom. The molecule has 0 nitrogen and oxygen atoms in total. The fraction of sp³-hybridized carbons (Fsp3) is 0.571. The van der Waals surface area contributed by atoms with Crippen molar-refractivity contribution >= 4 is 0 Å². The summed E-state index contributed by atoms with van der Waals surface area (Å²) in [6, 6.07) is 0. The van der Waals surface area contributed by atoms with Gasteiger partial charge < -0.3 is 0 Å². The Bertz CT molecular complexity index is 135. The van der Waals surface area contributed by atoms with Gasteiger partial charge in [-0.25, -0.2) is 0 Å². The van der Waals surface area contributed by atoms with Crippen LogP contribution in [0.1, 0.15) is 51.4 Å². The topological polar surface area (TPSA) is 0 Å². The molecule has 1 rings (SSSR count). The van der Waals surface area contributed by atoms with Gasteiger partial charge >= 0.3 is 0 Å². The van der Waals surface area contributed by atoms with Crippen molar-refractivity contribution < 1.29 is 0 Å². The molecule has 0 aromatic rings. The van der Waals surface area contributed by atoms with Crippen molar-refractivity contribution in [3.8, 4) is 0 Å². The SMILES string of the molecule is C1=CCCCC1.C=CCCCCC=C. The van der Waals surface area contributed by atoms with E-state index in [4.69, 9.17) is 0 Å². The van der Waals surface area contributed by atoms with Crippen molar-refractivity contribution in [3.63, 3.8) is 0 Å². The zero-order chi connectivity index (χ0) is 10.5. The Hall–Kier alpha value is -0.780. The molecule has 0 aliphatic heterocycles. The van der Waals surface area contributed by atoms with Gasteiger partial charge in [-0.15, -0.1) is 13.2 Å². The quantitative estimate of drug-likeness (QED) is 0.423. The van der Waals surface area contributed by atoms with Crippen LogP contribution >= 0.6 is 0 Å². The van der Waals surface area contributed by atoms with E-state index in [0.717, 1.165) is 12.8 Å². The Balaban J connectivity index is 0.000000249. The molecule has 14 heavy (non-hydrogen) atoms. The Labute approximate surface area is 89.4 Å². The lowest BCUT2D eigenvalue weighted by Crippen LogP contribution is -1.77. The highest BCUT2D eigenvalue weighted by Gasteiger charge is 1.87. The average Bonchev–Trinajstić information content (AvgIpc) is 2.28. The number of unbranched alkanes of at least 4 members (excludes halogenated alkanes) is 3. The van der Waals surface area contributed by atoms with Crippen LogP contribution in [0.25, 0.3) is 0 Å². The number of hydrogen-bond acceptors (Lipinski definition) is 0. The summed E-state index contributed by atoms with van der Waals surface area (Å²) < 4.78 is 0. The molecule has 0 aromatic heterocycles. The van der Waals surface area contributed by atoms with E-state index in [0.29, 0.717) is 0 Å². The van der Waals surface area contributed by atoms with Gasteiger partial charge in [-0.1, -0.05) is 24.3 Å². The van der Waals surface area contributed by atoms with Crippen molar-refractivity contribution in [2.75, 3.05) is 0 Å². The molecule has 0 spiro atoms. The standard InChI is InChI=1S/C8H14.C6H10/c1-3-5-7-8-6-4-2;1-2-4-6-5-3-1/h3-4H,1-2,5-8H2;1-2H,3-6H2. The molecule has 0 unspecified atom stereocenters. The Kier molecular flexibility index (Phi) is 11.5. The van der Waals surface area contributed by atoms with E-state index in [1.165, 1.54) is 38.5 Å². The second-order valence-electron chi connectivity index (χ2n) is 3.62. The van der Waals surface area contributed by atoms with Gasteiger partial charge in [0.05, 0.1) is 0 Å². The molecule has 0 saturated carbocycles. The number of allylic oxidation sites excluding steroid dienone is 4. The third kappa shape index (κ3) is 11.2. The summed E-state index contributed by atoms with van der Waals surface area (Å²) in [4.78, 5) is 0. The maximum atomic E-state index is 3.63. The highest BCUT2D eigenvalue weighted by molar-refractivity contribution is 4.85. The first kappa shape index (κ1) is 13.2. The summed E-state index contributed by atoms with van der Waals surface area (Å²) in [5, 5.41) is 0. The summed E-state index contributed by atoms with van der Waals surface area (Å²) in [7, 11) is 0. The molecule has 1 aliphatic carbocycles. The van der Waals surface area contributed by atoms with Gasteiger partial charge in [0.15, 0.2) is 0 Å². The van der Waals surface area contributed by atoms with Crippen LogP contribution in [-0.2, 0) is 0 Å². The molecular weight excluding hydrogens is 168 g/mol. The van der Waals surface area contributed by atoms with E-state index in [9.17, 15) is 0 Å². The third-order valence-corrected chi connectivity index (χ3v) is 2.22. The molecule has 0 saturated heterocycles. The van der Waals surface area contributed by atoms with Crippen molar-refractivity contribution in [2.45, 2.75) is 51.4 Å². The van der Waals surface area contributed by atoms with Gasteiger partial charge in [-0.2, -0.15) is 0 Å². The van der Waals surface area contributed by atoms with Crippen LogP contribution in [0.2, 0.25) is 0 Å². The molecule has 0 heterocycles. The summed E-state index contributed by atoms with van der Waals surface area (Å²) in [5.74, 6) is 0. The molecule has 0 amide bonds. The fourth-order valence-corrected chi connectivity index (χ4v) is 1.34. The molecule has 1 aliphatic rings. The van der Waals surface area contributed by atoms with Crippen molar-refractivity contribution in [2.24, 2.45) is 0 Å². The predicted molar refractivity (Wildman–Crippen MR) is 66.5 cm³/mol.